The number of ether oxygens (including phenoxy) is 2. The smallest absolute Gasteiger partial charge is 0.0900 e. The zero-order valence-electron chi connectivity index (χ0n) is 13.1. The van der Waals surface area contributed by atoms with Gasteiger partial charge in [0.05, 0.1) is 18.8 Å². The van der Waals surface area contributed by atoms with Crippen LogP contribution in [0.25, 0.3) is 0 Å². The van der Waals surface area contributed by atoms with Crippen LogP contribution in [0.2, 0.25) is 0 Å². The third-order valence-corrected chi connectivity index (χ3v) is 4.77. The minimum Gasteiger partial charge on any atom is -0.389 e. The fourth-order valence-electron chi connectivity index (χ4n) is 3.55. The van der Waals surface area contributed by atoms with Gasteiger partial charge in [-0.2, -0.15) is 0 Å². The van der Waals surface area contributed by atoms with Crippen LogP contribution in [0.4, 0.5) is 0 Å². The van der Waals surface area contributed by atoms with Crippen LogP contribution in [-0.4, -0.2) is 61.7 Å². The van der Waals surface area contributed by atoms with Crippen molar-refractivity contribution in [3.8, 4) is 0 Å². The van der Waals surface area contributed by atoms with Gasteiger partial charge in [-0.25, -0.2) is 0 Å². The topological polar surface area (TPSA) is 41.9 Å². The second-order valence-corrected chi connectivity index (χ2v) is 6.61. The molecule has 1 aliphatic heterocycles. The van der Waals surface area contributed by atoms with Crippen LogP contribution in [0.1, 0.15) is 45.4 Å². The number of aliphatic hydroxyl groups excluding tert-OH is 1. The maximum atomic E-state index is 10.1. The molecule has 1 heterocycles. The minimum atomic E-state index is -0.388. The summed E-state index contributed by atoms with van der Waals surface area (Å²) in [5, 5.41) is 10.1. The van der Waals surface area contributed by atoms with Gasteiger partial charge in [0.25, 0.3) is 0 Å². The van der Waals surface area contributed by atoms with Crippen molar-refractivity contribution in [3.05, 3.63) is 0 Å². The van der Waals surface area contributed by atoms with Crippen LogP contribution in [-0.2, 0) is 9.47 Å². The van der Waals surface area contributed by atoms with Crippen molar-refractivity contribution in [2.24, 2.45) is 5.92 Å². The number of nitrogens with zero attached hydrogens (tertiary/aromatic N) is 1. The monoisotopic (exact) mass is 285 g/mol. The molecule has 118 valence electrons. The molecular weight excluding hydrogens is 254 g/mol. The molecule has 0 amide bonds. The molecule has 0 aromatic rings. The molecule has 0 spiro atoms. The van der Waals surface area contributed by atoms with E-state index in [0.29, 0.717) is 25.3 Å². The van der Waals surface area contributed by atoms with E-state index in [-0.39, 0.29) is 6.10 Å². The Kier molecular flexibility index (Phi) is 6.75. The Hall–Kier alpha value is -0.160. The fourth-order valence-corrected chi connectivity index (χ4v) is 3.55. The quantitative estimate of drug-likeness (QED) is 0.777. The molecule has 1 saturated heterocycles. The first-order valence-electron chi connectivity index (χ1n) is 8.21. The Morgan fingerprint density at radius 3 is 2.60 bits per heavy atom. The fraction of sp³-hybridized carbons (Fsp3) is 1.00. The predicted octanol–water partition coefficient (Wildman–Crippen LogP) is 2.05. The third kappa shape index (κ3) is 4.99. The van der Waals surface area contributed by atoms with E-state index in [2.05, 4.69) is 11.8 Å². The van der Waals surface area contributed by atoms with E-state index in [4.69, 9.17) is 9.47 Å². The Bertz CT molecular complexity index is 260. The Labute approximate surface area is 123 Å². The molecule has 0 aromatic heterocycles. The molecule has 2 fully saturated rings. The van der Waals surface area contributed by atoms with Gasteiger partial charge in [-0.15, -0.1) is 0 Å². The predicted molar refractivity (Wildman–Crippen MR) is 79.8 cm³/mol. The van der Waals surface area contributed by atoms with Crippen LogP contribution in [0.15, 0.2) is 0 Å². The molecule has 0 bridgehead atoms. The largest absolute Gasteiger partial charge is 0.389 e. The van der Waals surface area contributed by atoms with Gasteiger partial charge in [-0.3, -0.25) is 4.90 Å². The Balaban J connectivity index is 1.87. The molecule has 20 heavy (non-hydrogen) atoms. The zero-order valence-corrected chi connectivity index (χ0v) is 13.1. The van der Waals surface area contributed by atoms with Crippen LogP contribution < -0.4 is 0 Å². The molecule has 0 radical (unpaired) electrons. The number of hydrogen-bond acceptors (Lipinski definition) is 4. The molecule has 0 unspecified atom stereocenters. The molecular formula is C16H31NO3. The summed E-state index contributed by atoms with van der Waals surface area (Å²) < 4.78 is 10.9. The summed E-state index contributed by atoms with van der Waals surface area (Å²) in [5.74, 6) is 0.861. The first-order chi connectivity index (χ1) is 9.69. The maximum Gasteiger partial charge on any atom is 0.0900 e. The molecule has 2 aliphatic rings. The van der Waals surface area contributed by atoms with E-state index in [1.54, 1.807) is 7.11 Å². The number of methoxy groups -OCH3 is 1. The third-order valence-electron chi connectivity index (χ3n) is 4.77. The summed E-state index contributed by atoms with van der Waals surface area (Å²) in [6, 6.07) is 0.613. The Morgan fingerprint density at radius 2 is 2.00 bits per heavy atom. The molecule has 0 aromatic carbocycles. The van der Waals surface area contributed by atoms with Crippen molar-refractivity contribution in [3.63, 3.8) is 0 Å². The van der Waals surface area contributed by atoms with Gasteiger partial charge in [0.1, 0.15) is 0 Å². The summed E-state index contributed by atoms with van der Waals surface area (Å²) in [6.45, 7) is 5.36. The van der Waals surface area contributed by atoms with Gasteiger partial charge in [-0.05, 0) is 44.4 Å². The number of hydrogen-bond donors (Lipinski definition) is 1. The summed E-state index contributed by atoms with van der Waals surface area (Å²) in [4.78, 5) is 2.46. The van der Waals surface area contributed by atoms with Gasteiger partial charge < -0.3 is 14.6 Å². The highest BCUT2D eigenvalue weighted by atomic mass is 16.5. The normalized spacial score (nSPS) is 32.7. The SMILES string of the molecule is COC[C@@H](O)CN(C[C@@H]1CCCO1)C1CCC(C)CC1. The maximum absolute atomic E-state index is 10.1. The van der Waals surface area contributed by atoms with E-state index in [1.165, 1.54) is 38.5 Å². The second-order valence-electron chi connectivity index (χ2n) is 6.61. The van der Waals surface area contributed by atoms with Crippen molar-refractivity contribution < 1.29 is 14.6 Å². The highest BCUT2D eigenvalue weighted by Gasteiger charge is 2.28. The van der Waals surface area contributed by atoms with E-state index in [9.17, 15) is 5.11 Å². The second kappa shape index (κ2) is 8.32. The molecule has 2 rings (SSSR count). The minimum absolute atomic E-state index is 0.365. The average molecular weight is 285 g/mol. The summed E-state index contributed by atoms with van der Waals surface area (Å²) in [5.41, 5.74) is 0. The average Bonchev–Trinajstić information content (AvgIpc) is 2.92. The summed E-state index contributed by atoms with van der Waals surface area (Å²) in [7, 11) is 1.65. The van der Waals surface area contributed by atoms with Crippen LogP contribution >= 0.6 is 0 Å². The highest BCUT2D eigenvalue weighted by molar-refractivity contribution is 4.82. The molecule has 1 N–H and O–H groups in total. The molecule has 4 heteroatoms. The van der Waals surface area contributed by atoms with E-state index >= 15 is 0 Å². The first kappa shape index (κ1) is 16.2. The van der Waals surface area contributed by atoms with Crippen LogP contribution in [0.3, 0.4) is 0 Å². The Morgan fingerprint density at radius 1 is 1.25 bits per heavy atom. The van der Waals surface area contributed by atoms with Crippen LogP contribution in [0, 0.1) is 5.92 Å². The lowest BCUT2D eigenvalue weighted by Gasteiger charge is -2.38. The standard InChI is InChI=1S/C16H31NO3/c1-13-5-7-14(8-6-13)17(10-15(18)12-19-2)11-16-4-3-9-20-16/h13-16,18H,3-12H2,1-2H3/t13?,14?,15-,16-/m0/s1. The molecule has 1 saturated carbocycles. The molecule has 1 aliphatic carbocycles. The molecule has 2 atom stereocenters. The summed E-state index contributed by atoms with van der Waals surface area (Å²) in [6.07, 6.45) is 7.46. The first-order valence-corrected chi connectivity index (χ1v) is 8.21. The van der Waals surface area contributed by atoms with Gasteiger partial charge in [0.15, 0.2) is 0 Å². The van der Waals surface area contributed by atoms with Gasteiger partial charge >= 0.3 is 0 Å². The van der Waals surface area contributed by atoms with Crippen LogP contribution in [0.5, 0.6) is 0 Å². The van der Waals surface area contributed by atoms with Crippen molar-refractivity contribution in [1.29, 1.82) is 0 Å². The molecule has 4 nitrogen and oxygen atoms in total. The number of rotatable bonds is 7. The zero-order chi connectivity index (χ0) is 14.4. The van der Waals surface area contributed by atoms with E-state index in [1.807, 2.05) is 0 Å². The van der Waals surface area contributed by atoms with Crippen molar-refractivity contribution in [1.82, 2.24) is 4.90 Å². The number of aliphatic hydroxyl groups is 1. The highest BCUT2D eigenvalue weighted by Crippen LogP contribution is 2.28. The lowest BCUT2D eigenvalue weighted by atomic mass is 9.86. The van der Waals surface area contributed by atoms with Gasteiger partial charge in [0.2, 0.25) is 0 Å². The lowest BCUT2D eigenvalue weighted by Crippen LogP contribution is -2.46. The summed E-state index contributed by atoms with van der Waals surface area (Å²) >= 11 is 0. The van der Waals surface area contributed by atoms with Gasteiger partial charge in [0, 0.05) is 32.8 Å². The van der Waals surface area contributed by atoms with E-state index in [0.717, 1.165) is 19.1 Å². The van der Waals surface area contributed by atoms with Crippen molar-refractivity contribution >= 4 is 0 Å². The van der Waals surface area contributed by atoms with Gasteiger partial charge in [-0.1, -0.05) is 6.92 Å². The van der Waals surface area contributed by atoms with Crippen molar-refractivity contribution in [2.75, 3.05) is 33.4 Å². The lowest BCUT2D eigenvalue weighted by molar-refractivity contribution is -0.00428. The van der Waals surface area contributed by atoms with Crippen molar-refractivity contribution in [2.45, 2.75) is 63.7 Å². The van der Waals surface area contributed by atoms with E-state index < -0.39 is 0 Å².